The normalized spacial score (nSPS) is 17.9. The summed E-state index contributed by atoms with van der Waals surface area (Å²) in [6, 6.07) is 12.6. The minimum atomic E-state index is -0.790. The molecule has 2 N–H and O–H groups in total. The highest BCUT2D eigenvalue weighted by Crippen LogP contribution is 2.39. The zero-order chi connectivity index (χ0) is 22.4. The fourth-order valence-electron chi connectivity index (χ4n) is 3.46. The molecular formula is C23H24ClNO6. The van der Waals surface area contributed by atoms with E-state index in [-0.39, 0.29) is 37.7 Å². The van der Waals surface area contributed by atoms with Crippen LogP contribution in [0.4, 0.5) is 0 Å². The number of carbonyl (C=O) groups is 2. The van der Waals surface area contributed by atoms with Crippen LogP contribution < -0.4 is 4.74 Å². The topological polar surface area (TPSA) is 96.3 Å². The highest BCUT2D eigenvalue weighted by atomic mass is 35.5. The van der Waals surface area contributed by atoms with Crippen molar-refractivity contribution in [3.8, 4) is 5.75 Å². The van der Waals surface area contributed by atoms with Gasteiger partial charge in [0.25, 0.3) is 11.7 Å². The van der Waals surface area contributed by atoms with Crippen molar-refractivity contribution in [1.82, 2.24) is 4.90 Å². The Labute approximate surface area is 185 Å². The number of Topliss-reactive ketones (excluding diaryl/α,β-unsaturated/α-hetero) is 1. The van der Waals surface area contributed by atoms with Gasteiger partial charge in [-0.15, -0.1) is 0 Å². The molecule has 1 aliphatic rings. The molecule has 164 valence electrons. The maximum absolute atomic E-state index is 12.9. The largest absolute Gasteiger partial charge is 0.507 e. The molecule has 8 heteroatoms. The standard InChI is InChI=1S/C23H24ClNO6/c1-2-31-18-9-5-16(6-10-18)21(27)19-20(15-3-7-17(24)8-4-15)25(23(29)22(19)28)11-13-30-14-12-26/h3-10,20,26-27H,2,11-14H2,1H3. The molecule has 31 heavy (non-hydrogen) atoms. The van der Waals surface area contributed by atoms with Crippen LogP contribution in [0, 0.1) is 0 Å². The van der Waals surface area contributed by atoms with Crippen LogP contribution in [-0.4, -0.2) is 59.8 Å². The summed E-state index contributed by atoms with van der Waals surface area (Å²) in [7, 11) is 0. The molecule has 1 atom stereocenters. The molecule has 0 radical (unpaired) electrons. The Balaban J connectivity index is 2.02. The van der Waals surface area contributed by atoms with Gasteiger partial charge in [-0.2, -0.15) is 0 Å². The van der Waals surface area contributed by atoms with E-state index in [1.807, 2.05) is 6.92 Å². The van der Waals surface area contributed by atoms with E-state index < -0.39 is 17.7 Å². The van der Waals surface area contributed by atoms with E-state index in [1.165, 1.54) is 4.90 Å². The number of nitrogens with zero attached hydrogens (tertiary/aromatic N) is 1. The summed E-state index contributed by atoms with van der Waals surface area (Å²) in [5, 5.41) is 20.4. The van der Waals surface area contributed by atoms with Crippen LogP contribution in [0.15, 0.2) is 54.1 Å². The molecule has 1 amide bonds. The third-order valence-corrected chi connectivity index (χ3v) is 5.13. The molecule has 0 spiro atoms. The van der Waals surface area contributed by atoms with Crippen molar-refractivity contribution in [1.29, 1.82) is 0 Å². The Bertz CT molecular complexity index is 955. The lowest BCUT2D eigenvalue weighted by molar-refractivity contribution is -0.140. The summed E-state index contributed by atoms with van der Waals surface area (Å²) < 4.78 is 10.7. The number of rotatable bonds is 9. The van der Waals surface area contributed by atoms with E-state index in [0.717, 1.165) is 0 Å². The maximum Gasteiger partial charge on any atom is 0.295 e. The lowest BCUT2D eigenvalue weighted by Crippen LogP contribution is -2.33. The lowest BCUT2D eigenvalue weighted by atomic mass is 9.95. The summed E-state index contributed by atoms with van der Waals surface area (Å²) in [6.07, 6.45) is 0. The van der Waals surface area contributed by atoms with Gasteiger partial charge in [-0.3, -0.25) is 9.59 Å². The SMILES string of the molecule is CCOc1ccc(C(O)=C2C(=O)C(=O)N(CCOCCO)C2c2ccc(Cl)cc2)cc1. The first-order valence-corrected chi connectivity index (χ1v) is 10.3. The molecule has 1 heterocycles. The number of aliphatic hydroxyl groups excluding tert-OH is 2. The predicted octanol–water partition coefficient (Wildman–Crippen LogP) is 3.17. The Kier molecular flexibility index (Phi) is 7.68. The van der Waals surface area contributed by atoms with E-state index in [0.29, 0.717) is 28.5 Å². The van der Waals surface area contributed by atoms with Crippen LogP contribution in [-0.2, 0) is 14.3 Å². The van der Waals surface area contributed by atoms with E-state index in [2.05, 4.69) is 0 Å². The third kappa shape index (κ3) is 5.07. The van der Waals surface area contributed by atoms with Crippen molar-refractivity contribution in [3.05, 3.63) is 70.3 Å². The van der Waals surface area contributed by atoms with Gasteiger partial charge in [-0.05, 0) is 48.9 Å². The van der Waals surface area contributed by atoms with Crippen LogP contribution in [0.2, 0.25) is 5.02 Å². The van der Waals surface area contributed by atoms with E-state index in [9.17, 15) is 14.7 Å². The Morgan fingerprint density at radius 2 is 1.74 bits per heavy atom. The van der Waals surface area contributed by atoms with Crippen molar-refractivity contribution in [3.63, 3.8) is 0 Å². The minimum Gasteiger partial charge on any atom is -0.507 e. The first kappa shape index (κ1) is 22.8. The summed E-state index contributed by atoms with van der Waals surface area (Å²) in [5.41, 5.74) is 1.04. The van der Waals surface area contributed by atoms with E-state index >= 15 is 0 Å². The first-order valence-electron chi connectivity index (χ1n) is 9.93. The molecular weight excluding hydrogens is 422 g/mol. The van der Waals surface area contributed by atoms with Gasteiger partial charge in [-0.25, -0.2) is 0 Å². The monoisotopic (exact) mass is 445 g/mol. The van der Waals surface area contributed by atoms with Gasteiger partial charge in [-0.1, -0.05) is 23.7 Å². The van der Waals surface area contributed by atoms with Crippen molar-refractivity contribution >= 4 is 29.1 Å². The number of hydrogen-bond donors (Lipinski definition) is 2. The van der Waals surface area contributed by atoms with Gasteiger partial charge in [0.1, 0.15) is 11.5 Å². The fraction of sp³-hybridized carbons (Fsp3) is 0.304. The second kappa shape index (κ2) is 10.4. The summed E-state index contributed by atoms with van der Waals surface area (Å²) in [5.74, 6) is -1.12. The second-order valence-corrected chi connectivity index (χ2v) is 7.27. The molecule has 0 saturated carbocycles. The number of halogens is 1. The molecule has 1 unspecified atom stereocenters. The summed E-state index contributed by atoms with van der Waals surface area (Å²) in [4.78, 5) is 27.0. The summed E-state index contributed by atoms with van der Waals surface area (Å²) >= 11 is 6.00. The quantitative estimate of drug-likeness (QED) is 0.266. The van der Waals surface area contributed by atoms with Gasteiger partial charge in [0, 0.05) is 17.1 Å². The molecule has 7 nitrogen and oxygen atoms in total. The zero-order valence-electron chi connectivity index (χ0n) is 17.1. The zero-order valence-corrected chi connectivity index (χ0v) is 17.8. The van der Waals surface area contributed by atoms with Gasteiger partial charge in [0.2, 0.25) is 0 Å². The first-order chi connectivity index (χ1) is 15.0. The molecule has 0 aromatic heterocycles. The number of amides is 1. The van der Waals surface area contributed by atoms with Gasteiger partial charge in [0.15, 0.2) is 0 Å². The Hall–Kier alpha value is -2.87. The molecule has 1 aliphatic heterocycles. The van der Waals surface area contributed by atoms with E-state index in [1.54, 1.807) is 48.5 Å². The van der Waals surface area contributed by atoms with Crippen LogP contribution >= 0.6 is 11.6 Å². The molecule has 2 aromatic rings. The van der Waals surface area contributed by atoms with Crippen molar-refractivity contribution < 1.29 is 29.3 Å². The molecule has 2 aromatic carbocycles. The molecule has 3 rings (SSSR count). The highest BCUT2D eigenvalue weighted by Gasteiger charge is 2.45. The van der Waals surface area contributed by atoms with Gasteiger partial charge < -0.3 is 24.6 Å². The van der Waals surface area contributed by atoms with Crippen molar-refractivity contribution in [2.45, 2.75) is 13.0 Å². The average molecular weight is 446 g/mol. The van der Waals surface area contributed by atoms with Crippen LogP contribution in [0.3, 0.4) is 0 Å². The van der Waals surface area contributed by atoms with E-state index in [4.69, 9.17) is 26.2 Å². The van der Waals surface area contributed by atoms with Crippen molar-refractivity contribution in [2.24, 2.45) is 0 Å². The summed E-state index contributed by atoms with van der Waals surface area (Å²) in [6.45, 7) is 2.62. The predicted molar refractivity (Wildman–Crippen MR) is 116 cm³/mol. The number of likely N-dealkylation sites (tertiary alicyclic amines) is 1. The van der Waals surface area contributed by atoms with Crippen LogP contribution in [0.25, 0.3) is 5.76 Å². The fourth-order valence-corrected chi connectivity index (χ4v) is 3.59. The number of ether oxygens (including phenoxy) is 2. The molecule has 1 fully saturated rings. The number of ketones is 1. The van der Waals surface area contributed by atoms with Crippen molar-refractivity contribution in [2.75, 3.05) is 33.0 Å². The molecule has 0 aliphatic carbocycles. The number of hydrogen-bond acceptors (Lipinski definition) is 6. The number of carbonyl (C=O) groups excluding carboxylic acids is 2. The van der Waals surface area contributed by atoms with Crippen LogP contribution in [0.1, 0.15) is 24.1 Å². The smallest absolute Gasteiger partial charge is 0.295 e. The molecule has 0 bridgehead atoms. The average Bonchev–Trinajstić information content (AvgIpc) is 3.02. The van der Waals surface area contributed by atoms with Gasteiger partial charge in [0.05, 0.1) is 38.0 Å². The molecule has 1 saturated heterocycles. The number of aliphatic hydroxyl groups is 2. The lowest BCUT2D eigenvalue weighted by Gasteiger charge is -2.25. The maximum atomic E-state index is 12.9. The highest BCUT2D eigenvalue weighted by molar-refractivity contribution is 6.46. The minimum absolute atomic E-state index is 0.00126. The third-order valence-electron chi connectivity index (χ3n) is 4.88. The number of benzene rings is 2. The van der Waals surface area contributed by atoms with Gasteiger partial charge >= 0.3 is 0 Å². The Morgan fingerprint density at radius 3 is 2.35 bits per heavy atom. The Morgan fingerprint density at radius 1 is 1.06 bits per heavy atom. The van der Waals surface area contributed by atoms with Crippen LogP contribution in [0.5, 0.6) is 5.75 Å². The second-order valence-electron chi connectivity index (χ2n) is 6.84.